The lowest BCUT2D eigenvalue weighted by Crippen LogP contribution is -2.27. The molecule has 0 bridgehead atoms. The van der Waals surface area contributed by atoms with E-state index in [1.807, 2.05) is 6.92 Å². The van der Waals surface area contributed by atoms with Gasteiger partial charge in [-0.1, -0.05) is 5.16 Å². The molecule has 0 aromatic carbocycles. The van der Waals surface area contributed by atoms with Crippen molar-refractivity contribution in [2.24, 2.45) is 0 Å². The number of nitrogen functional groups attached to an aromatic ring is 1. The molecular weight excluding hydrogens is 236 g/mol. The summed E-state index contributed by atoms with van der Waals surface area (Å²) in [6.07, 6.45) is 3.42. The lowest BCUT2D eigenvalue weighted by Gasteiger charge is -2.01. The van der Waals surface area contributed by atoms with Crippen LogP contribution in [0.4, 0.5) is 5.69 Å². The lowest BCUT2D eigenvalue weighted by atomic mass is 10.3. The fraction of sp³-hybridized carbons (Fsp3) is 0.400. The van der Waals surface area contributed by atoms with Crippen molar-refractivity contribution >= 4 is 11.6 Å². The van der Waals surface area contributed by atoms with Gasteiger partial charge in [0.05, 0.1) is 5.69 Å². The van der Waals surface area contributed by atoms with Crippen LogP contribution in [0.25, 0.3) is 0 Å². The Bertz CT molecular complexity index is 518. The summed E-state index contributed by atoms with van der Waals surface area (Å²) < 4.78 is 6.42. The van der Waals surface area contributed by atoms with Crippen LogP contribution in [0.15, 0.2) is 17.0 Å². The molecule has 0 atom stereocenters. The summed E-state index contributed by atoms with van der Waals surface area (Å²) in [5, 5.41) is 10.2. The van der Waals surface area contributed by atoms with E-state index < -0.39 is 0 Å². The first-order valence-electron chi connectivity index (χ1n) is 5.57. The number of hydrogen-bond acceptors (Lipinski definition) is 6. The molecule has 96 valence electrons. The van der Waals surface area contributed by atoms with Crippen LogP contribution in [0.3, 0.4) is 0 Å². The van der Waals surface area contributed by atoms with Crippen LogP contribution in [0.1, 0.15) is 23.3 Å². The van der Waals surface area contributed by atoms with Crippen LogP contribution in [0.5, 0.6) is 0 Å². The summed E-state index contributed by atoms with van der Waals surface area (Å²) in [4.78, 5) is 15.6. The first kappa shape index (κ1) is 12.1. The zero-order valence-corrected chi connectivity index (χ0v) is 9.96. The lowest BCUT2D eigenvalue weighted by molar-refractivity contribution is 0.0948. The highest BCUT2D eigenvalue weighted by Crippen LogP contribution is 2.08. The van der Waals surface area contributed by atoms with Crippen molar-refractivity contribution in [2.45, 2.75) is 19.9 Å². The van der Waals surface area contributed by atoms with Crippen LogP contribution >= 0.6 is 0 Å². The zero-order valence-electron chi connectivity index (χ0n) is 9.96. The van der Waals surface area contributed by atoms with Crippen molar-refractivity contribution in [3.05, 3.63) is 24.1 Å². The standard InChI is InChI=1S/C10H14N6O2/c1-2-16-5-7(11)9(15-16)10(17)12-4-3-8-13-6-14-18-8/h5-6H,2-4,11H2,1H3,(H,12,17). The van der Waals surface area contributed by atoms with Crippen LogP contribution in [0.2, 0.25) is 0 Å². The number of amides is 1. The van der Waals surface area contributed by atoms with Crippen molar-refractivity contribution in [1.29, 1.82) is 0 Å². The average molecular weight is 250 g/mol. The topological polar surface area (TPSA) is 112 Å². The van der Waals surface area contributed by atoms with E-state index in [-0.39, 0.29) is 11.6 Å². The Balaban J connectivity index is 1.89. The SMILES string of the molecule is CCn1cc(N)c(C(=O)NCCc2ncno2)n1. The van der Waals surface area contributed by atoms with Gasteiger partial charge in [0.15, 0.2) is 12.0 Å². The molecule has 0 saturated carbocycles. The van der Waals surface area contributed by atoms with Crippen molar-refractivity contribution in [3.63, 3.8) is 0 Å². The van der Waals surface area contributed by atoms with Gasteiger partial charge >= 0.3 is 0 Å². The number of aryl methyl sites for hydroxylation is 1. The van der Waals surface area contributed by atoms with E-state index in [0.717, 1.165) is 0 Å². The molecular formula is C10H14N6O2. The van der Waals surface area contributed by atoms with Gasteiger partial charge in [-0.2, -0.15) is 10.1 Å². The van der Waals surface area contributed by atoms with E-state index in [4.69, 9.17) is 10.3 Å². The Labute approximate surface area is 103 Å². The number of nitrogens with zero attached hydrogens (tertiary/aromatic N) is 4. The monoisotopic (exact) mass is 250 g/mol. The predicted octanol–water partition coefficient (Wildman–Crippen LogP) is -0.159. The van der Waals surface area contributed by atoms with Gasteiger partial charge < -0.3 is 15.6 Å². The van der Waals surface area contributed by atoms with Crippen molar-refractivity contribution in [1.82, 2.24) is 25.2 Å². The Morgan fingerprint density at radius 3 is 3.06 bits per heavy atom. The summed E-state index contributed by atoms with van der Waals surface area (Å²) in [5.74, 6) is 0.168. The van der Waals surface area contributed by atoms with Crippen molar-refractivity contribution in [3.8, 4) is 0 Å². The molecule has 2 rings (SSSR count). The molecule has 3 N–H and O–H groups in total. The van der Waals surface area contributed by atoms with E-state index in [1.165, 1.54) is 6.33 Å². The maximum Gasteiger partial charge on any atom is 0.273 e. The maximum atomic E-state index is 11.8. The number of carbonyl (C=O) groups excluding carboxylic acids is 1. The van der Waals surface area contributed by atoms with Crippen LogP contribution in [-0.4, -0.2) is 32.4 Å². The number of nitrogens with one attached hydrogen (secondary N) is 1. The number of anilines is 1. The molecule has 0 aliphatic carbocycles. The molecule has 8 heteroatoms. The molecule has 8 nitrogen and oxygen atoms in total. The quantitative estimate of drug-likeness (QED) is 0.762. The number of rotatable bonds is 5. The van der Waals surface area contributed by atoms with Gasteiger partial charge in [0.2, 0.25) is 5.89 Å². The van der Waals surface area contributed by atoms with E-state index in [2.05, 4.69) is 20.6 Å². The Morgan fingerprint density at radius 1 is 1.61 bits per heavy atom. The molecule has 1 amide bonds. The summed E-state index contributed by atoms with van der Waals surface area (Å²) >= 11 is 0. The van der Waals surface area contributed by atoms with Crippen molar-refractivity contribution in [2.75, 3.05) is 12.3 Å². The second-order valence-corrected chi connectivity index (χ2v) is 3.63. The molecule has 0 aliphatic heterocycles. The molecule has 0 spiro atoms. The molecule has 0 saturated heterocycles. The van der Waals surface area contributed by atoms with Gasteiger partial charge in [0, 0.05) is 25.7 Å². The second-order valence-electron chi connectivity index (χ2n) is 3.63. The average Bonchev–Trinajstić information content (AvgIpc) is 2.98. The minimum atomic E-state index is -0.306. The number of carbonyl (C=O) groups is 1. The van der Waals surface area contributed by atoms with Gasteiger partial charge in [0.25, 0.3) is 5.91 Å². The largest absolute Gasteiger partial charge is 0.396 e. The Kier molecular flexibility index (Phi) is 3.56. The third-order valence-electron chi connectivity index (χ3n) is 2.36. The first-order chi connectivity index (χ1) is 8.70. The van der Waals surface area contributed by atoms with Crippen LogP contribution in [-0.2, 0) is 13.0 Å². The van der Waals surface area contributed by atoms with Gasteiger partial charge in [-0.05, 0) is 6.92 Å². The number of aromatic nitrogens is 4. The summed E-state index contributed by atoms with van der Waals surface area (Å²) in [6.45, 7) is 2.97. The molecule has 2 heterocycles. The van der Waals surface area contributed by atoms with Crippen molar-refractivity contribution < 1.29 is 9.32 Å². The van der Waals surface area contributed by atoms with Gasteiger partial charge in [-0.25, -0.2) is 0 Å². The van der Waals surface area contributed by atoms with E-state index >= 15 is 0 Å². The highest BCUT2D eigenvalue weighted by Gasteiger charge is 2.14. The molecule has 0 fully saturated rings. The summed E-state index contributed by atoms with van der Waals surface area (Å²) in [6, 6.07) is 0. The fourth-order valence-electron chi connectivity index (χ4n) is 1.45. The minimum Gasteiger partial charge on any atom is -0.396 e. The van der Waals surface area contributed by atoms with E-state index in [9.17, 15) is 4.79 Å². The third kappa shape index (κ3) is 2.65. The Morgan fingerprint density at radius 2 is 2.44 bits per heavy atom. The smallest absolute Gasteiger partial charge is 0.273 e. The maximum absolute atomic E-state index is 11.8. The highest BCUT2D eigenvalue weighted by molar-refractivity contribution is 5.96. The number of nitrogens with two attached hydrogens (primary N) is 1. The number of hydrogen-bond donors (Lipinski definition) is 2. The van der Waals surface area contributed by atoms with E-state index in [1.54, 1.807) is 10.9 Å². The fourth-order valence-corrected chi connectivity index (χ4v) is 1.45. The minimum absolute atomic E-state index is 0.238. The van der Waals surface area contributed by atoms with E-state index in [0.29, 0.717) is 31.1 Å². The normalized spacial score (nSPS) is 10.5. The third-order valence-corrected chi connectivity index (χ3v) is 2.36. The molecule has 0 aliphatic rings. The van der Waals surface area contributed by atoms with Gasteiger partial charge in [-0.3, -0.25) is 9.48 Å². The zero-order chi connectivity index (χ0) is 13.0. The predicted molar refractivity (Wildman–Crippen MR) is 62.6 cm³/mol. The highest BCUT2D eigenvalue weighted by atomic mass is 16.5. The molecule has 2 aromatic rings. The second kappa shape index (κ2) is 5.30. The molecule has 0 unspecified atom stereocenters. The van der Waals surface area contributed by atoms with Crippen LogP contribution < -0.4 is 11.1 Å². The molecule has 2 aromatic heterocycles. The molecule has 0 radical (unpaired) electrons. The summed E-state index contributed by atoms with van der Waals surface area (Å²) in [5.41, 5.74) is 6.31. The Hall–Kier alpha value is -2.38. The van der Waals surface area contributed by atoms with Crippen LogP contribution in [0, 0.1) is 0 Å². The molecule has 18 heavy (non-hydrogen) atoms. The first-order valence-corrected chi connectivity index (χ1v) is 5.57. The van der Waals surface area contributed by atoms with Gasteiger partial charge in [-0.15, -0.1) is 0 Å². The van der Waals surface area contributed by atoms with Gasteiger partial charge in [0.1, 0.15) is 0 Å². The summed E-state index contributed by atoms with van der Waals surface area (Å²) in [7, 11) is 0.